The van der Waals surface area contributed by atoms with Gasteiger partial charge in [0.05, 0.1) is 6.20 Å². The van der Waals surface area contributed by atoms with Crippen LogP contribution in [0.4, 0.5) is 0 Å². The third-order valence-electron chi connectivity index (χ3n) is 6.91. The number of hydrogen-bond donors (Lipinski definition) is 1. The second-order valence-corrected chi connectivity index (χ2v) is 8.70. The van der Waals surface area contributed by atoms with Crippen molar-refractivity contribution >= 4 is 11.8 Å². The molecule has 1 saturated heterocycles. The van der Waals surface area contributed by atoms with E-state index in [0.29, 0.717) is 29.5 Å². The molecule has 2 aliphatic carbocycles. The molecule has 6 heteroatoms. The predicted molar refractivity (Wildman–Crippen MR) is 98.6 cm³/mol. The lowest BCUT2D eigenvalue weighted by Gasteiger charge is -2.38. The number of nitrogens with zero attached hydrogens (tertiary/aromatic N) is 3. The van der Waals surface area contributed by atoms with Crippen LogP contribution in [0.5, 0.6) is 0 Å². The van der Waals surface area contributed by atoms with Crippen molar-refractivity contribution in [1.29, 1.82) is 0 Å². The molecule has 3 unspecified atom stereocenters. The zero-order valence-electron chi connectivity index (χ0n) is 16.1. The fourth-order valence-electron chi connectivity index (χ4n) is 5.03. The lowest BCUT2D eigenvalue weighted by molar-refractivity contribution is -0.134. The SMILES string of the molecule is CCC1CC1C(=O)N1CC2(CCC2)CC1CNC(=O)c1c(C)cnn1C. The average molecular weight is 358 g/mol. The van der Waals surface area contributed by atoms with E-state index < -0.39 is 0 Å². The fourth-order valence-corrected chi connectivity index (χ4v) is 5.03. The van der Waals surface area contributed by atoms with Gasteiger partial charge in [0.15, 0.2) is 0 Å². The van der Waals surface area contributed by atoms with Gasteiger partial charge in [0, 0.05) is 32.1 Å². The summed E-state index contributed by atoms with van der Waals surface area (Å²) < 4.78 is 1.62. The minimum Gasteiger partial charge on any atom is -0.349 e. The van der Waals surface area contributed by atoms with Gasteiger partial charge in [0.1, 0.15) is 5.69 Å². The Morgan fingerprint density at radius 1 is 1.38 bits per heavy atom. The minimum absolute atomic E-state index is 0.0951. The smallest absolute Gasteiger partial charge is 0.269 e. The molecule has 1 aliphatic heterocycles. The monoisotopic (exact) mass is 358 g/mol. The highest BCUT2D eigenvalue weighted by atomic mass is 16.2. The zero-order chi connectivity index (χ0) is 18.5. The molecule has 2 saturated carbocycles. The van der Waals surface area contributed by atoms with Crippen molar-refractivity contribution in [2.45, 2.75) is 58.4 Å². The van der Waals surface area contributed by atoms with E-state index in [0.717, 1.165) is 31.4 Å². The quantitative estimate of drug-likeness (QED) is 0.878. The van der Waals surface area contributed by atoms with Gasteiger partial charge in [-0.05, 0) is 49.5 Å². The van der Waals surface area contributed by atoms with Crippen LogP contribution in [0.2, 0.25) is 0 Å². The first-order chi connectivity index (χ1) is 12.4. The predicted octanol–water partition coefficient (Wildman–Crippen LogP) is 2.28. The summed E-state index contributed by atoms with van der Waals surface area (Å²) in [6.07, 6.45) is 8.61. The average Bonchev–Trinajstić information content (AvgIpc) is 3.16. The Hall–Kier alpha value is -1.85. The second kappa shape index (κ2) is 6.39. The zero-order valence-corrected chi connectivity index (χ0v) is 16.1. The number of aromatic nitrogens is 2. The van der Waals surface area contributed by atoms with Crippen molar-refractivity contribution in [3.8, 4) is 0 Å². The lowest BCUT2D eigenvalue weighted by atomic mass is 9.67. The number of nitrogens with one attached hydrogen (secondary N) is 1. The molecule has 3 atom stereocenters. The number of carbonyl (C=O) groups excluding carboxylic acids is 2. The number of rotatable bonds is 5. The molecule has 3 fully saturated rings. The van der Waals surface area contributed by atoms with Gasteiger partial charge < -0.3 is 10.2 Å². The summed E-state index contributed by atoms with van der Waals surface area (Å²) in [5.41, 5.74) is 1.81. The molecule has 26 heavy (non-hydrogen) atoms. The molecule has 3 aliphatic rings. The normalized spacial score (nSPS) is 28.9. The first-order valence-electron chi connectivity index (χ1n) is 10.0. The van der Waals surface area contributed by atoms with Crippen molar-refractivity contribution < 1.29 is 9.59 Å². The van der Waals surface area contributed by atoms with E-state index in [2.05, 4.69) is 22.2 Å². The standard InChI is InChI=1S/C20H30N4O2/c1-4-14-8-16(14)19(26)24-12-20(6-5-7-20)9-15(24)11-21-18(25)17-13(2)10-22-23(17)3/h10,14-16H,4-9,11-12H2,1-3H3,(H,21,25). The second-order valence-electron chi connectivity index (χ2n) is 8.70. The Kier molecular flexibility index (Phi) is 4.32. The molecule has 4 rings (SSSR count). The van der Waals surface area contributed by atoms with Crippen LogP contribution in [0.3, 0.4) is 0 Å². The molecule has 1 aromatic heterocycles. The summed E-state index contributed by atoms with van der Waals surface area (Å²) in [6.45, 7) is 5.50. The van der Waals surface area contributed by atoms with Crippen LogP contribution in [0.1, 0.15) is 61.5 Å². The molecule has 0 aromatic carbocycles. The Labute approximate surface area is 155 Å². The molecular formula is C20H30N4O2. The maximum atomic E-state index is 13.0. The maximum Gasteiger partial charge on any atom is 0.269 e. The third kappa shape index (κ3) is 2.93. The van der Waals surface area contributed by atoms with E-state index >= 15 is 0 Å². The van der Waals surface area contributed by atoms with E-state index in [-0.39, 0.29) is 17.9 Å². The van der Waals surface area contributed by atoms with Crippen LogP contribution in [-0.4, -0.2) is 45.6 Å². The van der Waals surface area contributed by atoms with Crippen molar-refractivity contribution in [2.75, 3.05) is 13.1 Å². The van der Waals surface area contributed by atoms with E-state index in [1.807, 2.05) is 6.92 Å². The first-order valence-corrected chi connectivity index (χ1v) is 10.0. The lowest BCUT2D eigenvalue weighted by Crippen LogP contribution is -2.44. The van der Waals surface area contributed by atoms with Gasteiger partial charge in [-0.25, -0.2) is 0 Å². The largest absolute Gasteiger partial charge is 0.349 e. The highest BCUT2D eigenvalue weighted by Gasteiger charge is 2.52. The highest BCUT2D eigenvalue weighted by Crippen LogP contribution is 2.52. The van der Waals surface area contributed by atoms with Crippen molar-refractivity contribution in [3.05, 3.63) is 17.5 Å². The molecule has 0 radical (unpaired) electrons. The molecule has 1 aromatic rings. The number of aryl methyl sites for hydroxylation is 2. The van der Waals surface area contributed by atoms with Crippen LogP contribution in [0, 0.1) is 24.2 Å². The molecule has 2 amide bonds. The van der Waals surface area contributed by atoms with E-state index in [1.165, 1.54) is 19.3 Å². The van der Waals surface area contributed by atoms with Gasteiger partial charge in [0.2, 0.25) is 5.91 Å². The topological polar surface area (TPSA) is 67.2 Å². The number of hydrogen-bond acceptors (Lipinski definition) is 3. The van der Waals surface area contributed by atoms with Gasteiger partial charge >= 0.3 is 0 Å². The van der Waals surface area contributed by atoms with Crippen LogP contribution in [0.15, 0.2) is 6.20 Å². The molecule has 6 nitrogen and oxygen atoms in total. The summed E-state index contributed by atoms with van der Waals surface area (Å²) in [4.78, 5) is 27.7. The van der Waals surface area contributed by atoms with Gasteiger partial charge in [0.25, 0.3) is 5.91 Å². The van der Waals surface area contributed by atoms with Crippen molar-refractivity contribution in [2.24, 2.45) is 24.3 Å². The molecule has 142 valence electrons. The third-order valence-corrected chi connectivity index (χ3v) is 6.91. The van der Waals surface area contributed by atoms with Gasteiger partial charge in [-0.2, -0.15) is 5.10 Å². The van der Waals surface area contributed by atoms with Crippen LogP contribution in [-0.2, 0) is 11.8 Å². The number of likely N-dealkylation sites (tertiary alicyclic amines) is 1. The summed E-state index contributed by atoms with van der Waals surface area (Å²) in [7, 11) is 1.79. The highest BCUT2D eigenvalue weighted by molar-refractivity contribution is 5.94. The van der Waals surface area contributed by atoms with Crippen LogP contribution in [0.25, 0.3) is 0 Å². The fraction of sp³-hybridized carbons (Fsp3) is 0.750. The minimum atomic E-state index is -0.0951. The van der Waals surface area contributed by atoms with Crippen molar-refractivity contribution in [1.82, 2.24) is 20.0 Å². The summed E-state index contributed by atoms with van der Waals surface area (Å²) in [5.74, 6) is 1.04. The van der Waals surface area contributed by atoms with Crippen LogP contribution < -0.4 is 5.32 Å². The van der Waals surface area contributed by atoms with Gasteiger partial charge in [-0.3, -0.25) is 14.3 Å². The van der Waals surface area contributed by atoms with E-state index in [1.54, 1.807) is 17.9 Å². The Morgan fingerprint density at radius 2 is 2.15 bits per heavy atom. The first kappa shape index (κ1) is 17.6. The Bertz CT molecular complexity index is 702. The van der Waals surface area contributed by atoms with E-state index in [4.69, 9.17) is 0 Å². The Balaban J connectivity index is 1.43. The summed E-state index contributed by atoms with van der Waals surface area (Å²) >= 11 is 0. The molecular weight excluding hydrogens is 328 g/mol. The van der Waals surface area contributed by atoms with Crippen LogP contribution >= 0.6 is 0 Å². The Morgan fingerprint density at radius 3 is 2.69 bits per heavy atom. The molecule has 1 spiro atoms. The molecule has 1 N–H and O–H groups in total. The van der Waals surface area contributed by atoms with Gasteiger partial charge in [-0.15, -0.1) is 0 Å². The van der Waals surface area contributed by atoms with Gasteiger partial charge in [-0.1, -0.05) is 19.8 Å². The molecule has 0 bridgehead atoms. The summed E-state index contributed by atoms with van der Waals surface area (Å²) in [5, 5.41) is 7.22. The van der Waals surface area contributed by atoms with Crippen molar-refractivity contribution in [3.63, 3.8) is 0 Å². The summed E-state index contributed by atoms with van der Waals surface area (Å²) in [6, 6.07) is 0.137. The van der Waals surface area contributed by atoms with E-state index in [9.17, 15) is 9.59 Å². The molecule has 2 heterocycles. The number of carbonyl (C=O) groups is 2. The maximum absolute atomic E-state index is 13.0. The number of amides is 2.